The first-order valence-corrected chi connectivity index (χ1v) is 6.55. The maximum absolute atomic E-state index is 5.29. The summed E-state index contributed by atoms with van der Waals surface area (Å²) < 4.78 is 5.29. The molecule has 0 saturated carbocycles. The molecule has 0 aromatic heterocycles. The zero-order chi connectivity index (χ0) is 12.4. The summed E-state index contributed by atoms with van der Waals surface area (Å²) >= 11 is 1.75. The van der Waals surface area contributed by atoms with Crippen LogP contribution in [0.15, 0.2) is 41.5 Å². The Labute approximate surface area is 140 Å². The van der Waals surface area contributed by atoms with Crippen molar-refractivity contribution in [1.82, 2.24) is 0 Å². The van der Waals surface area contributed by atoms with Crippen molar-refractivity contribution in [1.29, 1.82) is 0 Å². The topological polar surface area (TPSA) is 9.23 Å². The molecular formula is C15H19Cl2OTi. The summed E-state index contributed by atoms with van der Waals surface area (Å²) in [6.07, 6.45) is 2.34. The predicted molar refractivity (Wildman–Crippen MR) is 81.2 cm³/mol. The fourth-order valence-electron chi connectivity index (χ4n) is 2.57. The van der Waals surface area contributed by atoms with Gasteiger partial charge in [-0.05, 0) is 0 Å². The van der Waals surface area contributed by atoms with Gasteiger partial charge in [-0.3, -0.25) is 0 Å². The molecule has 0 heterocycles. The van der Waals surface area contributed by atoms with Gasteiger partial charge in [0.05, 0.1) is 0 Å². The zero-order valence-electron chi connectivity index (χ0n) is 11.4. The van der Waals surface area contributed by atoms with E-state index in [4.69, 9.17) is 3.32 Å². The summed E-state index contributed by atoms with van der Waals surface area (Å²) in [6, 6.07) is 8.54. The van der Waals surface area contributed by atoms with Gasteiger partial charge in [0.25, 0.3) is 0 Å². The molecule has 1 aromatic rings. The maximum Gasteiger partial charge on any atom is -0.147 e. The standard InChI is InChI=1S/C15H17O.2ClH.Ti/c1-10-8-11(2)15(12(10)3)14-7-5-4-6-13(14)9-16;;;/h4-8,11H,9H2,1-3H3;2*1H;/q-1;;;+1. The van der Waals surface area contributed by atoms with Crippen LogP contribution in [0, 0.1) is 5.92 Å². The summed E-state index contributed by atoms with van der Waals surface area (Å²) in [5.41, 5.74) is 6.89. The van der Waals surface area contributed by atoms with Crippen LogP contribution in [0.3, 0.4) is 0 Å². The predicted octanol–water partition coefficient (Wildman–Crippen LogP) is 4.88. The Bertz CT molecular complexity index is 495. The molecule has 0 aliphatic heterocycles. The second-order valence-electron chi connectivity index (χ2n) is 4.62. The van der Waals surface area contributed by atoms with Crippen LogP contribution >= 0.6 is 24.8 Å². The maximum atomic E-state index is 5.29. The monoisotopic (exact) mass is 333 g/mol. The molecule has 0 spiro atoms. The molecule has 103 valence electrons. The summed E-state index contributed by atoms with van der Waals surface area (Å²) in [5.74, 6) is 0.507. The average molecular weight is 334 g/mol. The average Bonchev–Trinajstić information content (AvgIpc) is 2.55. The van der Waals surface area contributed by atoms with Crippen LogP contribution in [0.5, 0.6) is 0 Å². The van der Waals surface area contributed by atoms with Crippen molar-refractivity contribution >= 4 is 30.4 Å². The van der Waals surface area contributed by atoms with Crippen molar-refractivity contribution in [3.8, 4) is 0 Å². The number of allylic oxidation sites excluding steroid dienone is 4. The number of hydrogen-bond donors (Lipinski definition) is 0. The van der Waals surface area contributed by atoms with Crippen molar-refractivity contribution in [3.05, 3.63) is 52.6 Å². The Hall–Kier alpha value is -0.0457. The molecule has 0 fully saturated rings. The molecule has 0 amide bonds. The van der Waals surface area contributed by atoms with Gasteiger partial charge >= 0.3 is 116 Å². The number of benzene rings is 1. The normalized spacial score (nSPS) is 17.6. The summed E-state index contributed by atoms with van der Waals surface area (Å²) in [7, 11) is 0. The number of hydrogen-bond acceptors (Lipinski definition) is 1. The SMILES string of the molecule is CC1=CC(C)C(c2ccccc2C[O][Ti])=C1C.Cl.Cl. The van der Waals surface area contributed by atoms with E-state index < -0.39 is 0 Å². The quantitative estimate of drug-likeness (QED) is 0.716. The van der Waals surface area contributed by atoms with Crippen LogP contribution in [-0.2, 0) is 30.7 Å². The largest absolute Gasteiger partial charge is 0.147 e. The van der Waals surface area contributed by atoms with Crippen molar-refractivity contribution in [2.75, 3.05) is 0 Å². The Balaban J connectivity index is 0.00000162. The molecule has 0 saturated heterocycles. The molecule has 2 rings (SSSR count). The van der Waals surface area contributed by atoms with Gasteiger partial charge in [0.15, 0.2) is 0 Å². The first-order chi connectivity index (χ1) is 8.15. The van der Waals surface area contributed by atoms with E-state index >= 15 is 0 Å². The summed E-state index contributed by atoms with van der Waals surface area (Å²) in [5, 5.41) is 0. The first kappa shape index (κ1) is 19.0. The van der Waals surface area contributed by atoms with Crippen molar-refractivity contribution in [3.63, 3.8) is 0 Å². The molecule has 1 atom stereocenters. The minimum atomic E-state index is 0. The molecule has 19 heavy (non-hydrogen) atoms. The summed E-state index contributed by atoms with van der Waals surface area (Å²) in [4.78, 5) is 0. The molecule has 1 unspecified atom stereocenters. The van der Waals surface area contributed by atoms with Crippen LogP contribution in [-0.4, -0.2) is 0 Å². The van der Waals surface area contributed by atoms with Crippen molar-refractivity contribution in [2.24, 2.45) is 5.92 Å². The van der Waals surface area contributed by atoms with E-state index in [1.807, 2.05) is 0 Å². The third-order valence-corrected chi connectivity index (χ3v) is 3.71. The smallest absolute Gasteiger partial charge is 0.147 e. The van der Waals surface area contributed by atoms with Crippen LogP contribution in [0.25, 0.3) is 5.57 Å². The van der Waals surface area contributed by atoms with Gasteiger partial charge in [-0.1, -0.05) is 0 Å². The van der Waals surface area contributed by atoms with Crippen LogP contribution < -0.4 is 0 Å². The molecule has 1 nitrogen and oxygen atoms in total. The Morgan fingerprint density at radius 3 is 2.32 bits per heavy atom. The number of rotatable bonds is 3. The summed E-state index contributed by atoms with van der Waals surface area (Å²) in [6.45, 7) is 7.35. The van der Waals surface area contributed by atoms with E-state index in [1.54, 1.807) is 20.8 Å². The fourth-order valence-corrected chi connectivity index (χ4v) is 2.81. The molecule has 1 aliphatic rings. The molecule has 0 N–H and O–H groups in total. The van der Waals surface area contributed by atoms with Gasteiger partial charge in [-0.15, -0.1) is 24.8 Å². The molecule has 1 aliphatic carbocycles. The fraction of sp³-hybridized carbons (Fsp3) is 0.333. The van der Waals surface area contributed by atoms with Gasteiger partial charge in [0.1, 0.15) is 0 Å². The Morgan fingerprint density at radius 2 is 1.79 bits per heavy atom. The molecule has 0 bridgehead atoms. The molecule has 4 heteroatoms. The molecule has 1 aromatic carbocycles. The van der Waals surface area contributed by atoms with E-state index in [0.717, 1.165) is 0 Å². The molecule has 0 radical (unpaired) electrons. The second-order valence-corrected chi connectivity index (χ2v) is 5.07. The van der Waals surface area contributed by atoms with Crippen molar-refractivity contribution < 1.29 is 24.1 Å². The van der Waals surface area contributed by atoms with Crippen LogP contribution in [0.2, 0.25) is 0 Å². The van der Waals surface area contributed by atoms with E-state index in [-0.39, 0.29) is 24.8 Å². The van der Waals surface area contributed by atoms with E-state index in [2.05, 4.69) is 51.1 Å². The number of halogens is 2. The van der Waals surface area contributed by atoms with Gasteiger partial charge in [-0.2, -0.15) is 0 Å². The minimum Gasteiger partial charge on any atom is -0.147 e. The van der Waals surface area contributed by atoms with Gasteiger partial charge in [0, 0.05) is 0 Å². The van der Waals surface area contributed by atoms with Crippen LogP contribution in [0.1, 0.15) is 31.9 Å². The van der Waals surface area contributed by atoms with Gasteiger partial charge in [0.2, 0.25) is 0 Å². The van der Waals surface area contributed by atoms with Crippen LogP contribution in [0.4, 0.5) is 0 Å². The third kappa shape index (κ3) is 3.96. The zero-order valence-corrected chi connectivity index (χ0v) is 14.6. The van der Waals surface area contributed by atoms with Gasteiger partial charge in [-0.25, -0.2) is 0 Å². The second kappa shape index (κ2) is 8.29. The Kier molecular flexibility index (Phi) is 8.27. The first-order valence-electron chi connectivity index (χ1n) is 5.91. The van der Waals surface area contributed by atoms with E-state index in [0.29, 0.717) is 12.5 Å². The Morgan fingerprint density at radius 1 is 1.16 bits per heavy atom. The third-order valence-electron chi connectivity index (χ3n) is 3.49. The molecular weight excluding hydrogens is 315 g/mol. The van der Waals surface area contributed by atoms with Crippen molar-refractivity contribution in [2.45, 2.75) is 27.4 Å². The van der Waals surface area contributed by atoms with Gasteiger partial charge < -0.3 is 0 Å². The van der Waals surface area contributed by atoms with E-state index in [9.17, 15) is 0 Å². The minimum absolute atomic E-state index is 0. The van der Waals surface area contributed by atoms with E-state index in [1.165, 1.54) is 27.8 Å².